The number of piperazine rings is 1. The van der Waals surface area contributed by atoms with Crippen molar-refractivity contribution >= 4 is 11.9 Å². The van der Waals surface area contributed by atoms with Gasteiger partial charge in [-0.05, 0) is 0 Å². The van der Waals surface area contributed by atoms with Crippen LogP contribution in [-0.2, 0) is 4.79 Å². The highest BCUT2D eigenvalue weighted by Gasteiger charge is 2.47. The lowest BCUT2D eigenvalue weighted by Gasteiger charge is -2.37. The second-order valence-corrected chi connectivity index (χ2v) is 5.66. The van der Waals surface area contributed by atoms with Crippen molar-refractivity contribution in [2.75, 3.05) is 46.4 Å². The molecule has 0 bridgehead atoms. The largest absolute Gasteiger partial charge is 0.395 e. The molecule has 0 aliphatic carbocycles. The van der Waals surface area contributed by atoms with E-state index in [1.807, 2.05) is 0 Å². The van der Waals surface area contributed by atoms with Crippen LogP contribution in [-0.4, -0.2) is 96.6 Å². The number of imide groups is 1. The first-order chi connectivity index (χ1) is 10.1. The molecule has 3 atom stereocenters. The van der Waals surface area contributed by atoms with Gasteiger partial charge in [-0.3, -0.25) is 30.5 Å². The van der Waals surface area contributed by atoms with Crippen LogP contribution in [0.4, 0.5) is 4.79 Å². The van der Waals surface area contributed by atoms with Crippen molar-refractivity contribution in [3.05, 3.63) is 0 Å². The Kier molecular flexibility index (Phi) is 4.09. The maximum absolute atomic E-state index is 11.9. The van der Waals surface area contributed by atoms with Gasteiger partial charge < -0.3 is 10.0 Å². The Morgan fingerprint density at radius 2 is 1.90 bits per heavy atom. The number of aliphatic hydroxyl groups excluding tert-OH is 1. The number of β-amino-alcohol motifs (C(OH)–C–C–N with tert-alkyl or cyclic N) is 1. The summed E-state index contributed by atoms with van der Waals surface area (Å²) in [5, 5.41) is 17.9. The van der Waals surface area contributed by atoms with Crippen LogP contribution in [0.3, 0.4) is 0 Å². The van der Waals surface area contributed by atoms with Gasteiger partial charge in [-0.1, -0.05) is 0 Å². The molecule has 3 amide bonds. The van der Waals surface area contributed by atoms with E-state index < -0.39 is 6.04 Å². The average molecular weight is 298 g/mol. The zero-order valence-corrected chi connectivity index (χ0v) is 12.1. The van der Waals surface area contributed by atoms with Gasteiger partial charge in [0, 0.05) is 39.8 Å². The number of nitrogens with zero attached hydrogens (tertiary/aromatic N) is 3. The second kappa shape index (κ2) is 5.85. The zero-order chi connectivity index (χ0) is 15.0. The number of likely N-dealkylation sites (N-methyl/N-ethyl adjacent to an activating group) is 1. The van der Waals surface area contributed by atoms with Crippen LogP contribution in [0.25, 0.3) is 0 Å². The Labute approximate surface area is 123 Å². The molecule has 118 valence electrons. The molecule has 21 heavy (non-hydrogen) atoms. The highest BCUT2D eigenvalue weighted by Crippen LogP contribution is 2.16. The maximum Gasteiger partial charge on any atom is 0.325 e. The average Bonchev–Trinajstić information content (AvgIpc) is 2.92. The van der Waals surface area contributed by atoms with Crippen molar-refractivity contribution in [3.8, 4) is 0 Å². The minimum atomic E-state index is -0.423. The molecule has 0 aromatic rings. The first kappa shape index (κ1) is 14.7. The molecular formula is C12H22N6O3. The van der Waals surface area contributed by atoms with Gasteiger partial charge in [0.2, 0.25) is 5.91 Å². The molecule has 0 spiro atoms. The Morgan fingerprint density at radius 3 is 2.57 bits per heavy atom. The fourth-order valence-corrected chi connectivity index (χ4v) is 3.12. The lowest BCUT2D eigenvalue weighted by atomic mass is 10.2. The summed E-state index contributed by atoms with van der Waals surface area (Å²) in [6, 6.07) is -0.794. The molecule has 3 aliphatic heterocycles. The predicted octanol–water partition coefficient (Wildman–Crippen LogP) is -3.05. The predicted molar refractivity (Wildman–Crippen MR) is 74.0 cm³/mol. The summed E-state index contributed by atoms with van der Waals surface area (Å²) >= 11 is 0. The van der Waals surface area contributed by atoms with Gasteiger partial charge in [0.1, 0.15) is 18.5 Å². The van der Waals surface area contributed by atoms with E-state index in [-0.39, 0.29) is 31.0 Å². The fourth-order valence-electron chi connectivity index (χ4n) is 3.12. The number of rotatable bonds is 3. The van der Waals surface area contributed by atoms with Crippen LogP contribution in [0, 0.1) is 0 Å². The Balaban J connectivity index is 1.59. The van der Waals surface area contributed by atoms with Crippen LogP contribution in [0.1, 0.15) is 0 Å². The number of urea groups is 1. The van der Waals surface area contributed by atoms with Crippen molar-refractivity contribution in [2.24, 2.45) is 0 Å². The van der Waals surface area contributed by atoms with Gasteiger partial charge in [-0.2, -0.15) is 0 Å². The van der Waals surface area contributed by atoms with Crippen molar-refractivity contribution in [1.29, 1.82) is 0 Å². The van der Waals surface area contributed by atoms with Gasteiger partial charge in [-0.15, -0.1) is 0 Å². The molecular weight excluding hydrogens is 276 g/mol. The van der Waals surface area contributed by atoms with E-state index in [1.54, 1.807) is 7.05 Å². The van der Waals surface area contributed by atoms with Crippen LogP contribution < -0.4 is 16.0 Å². The quantitative estimate of drug-likeness (QED) is 0.439. The first-order valence-corrected chi connectivity index (χ1v) is 7.27. The van der Waals surface area contributed by atoms with Gasteiger partial charge in [0.05, 0.1) is 6.61 Å². The molecule has 0 radical (unpaired) electrons. The van der Waals surface area contributed by atoms with Crippen molar-refractivity contribution < 1.29 is 14.7 Å². The highest BCUT2D eigenvalue weighted by atomic mass is 16.3. The van der Waals surface area contributed by atoms with E-state index in [4.69, 9.17) is 5.11 Å². The number of hydrogen-bond donors (Lipinski definition) is 4. The molecule has 3 unspecified atom stereocenters. The summed E-state index contributed by atoms with van der Waals surface area (Å²) in [6.45, 7) is 4.35. The molecule has 3 rings (SSSR count). The Bertz CT molecular complexity index is 425. The first-order valence-electron chi connectivity index (χ1n) is 7.27. The van der Waals surface area contributed by atoms with Gasteiger partial charge in [0.15, 0.2) is 0 Å². The third kappa shape index (κ3) is 2.74. The lowest BCUT2D eigenvalue weighted by molar-refractivity contribution is -0.124. The number of carbonyl (C=O) groups excluding carboxylic acids is 2. The number of carbonyl (C=O) groups is 2. The Morgan fingerprint density at radius 1 is 1.19 bits per heavy atom. The van der Waals surface area contributed by atoms with E-state index in [1.165, 1.54) is 4.90 Å². The molecule has 3 saturated heterocycles. The number of amides is 3. The zero-order valence-electron chi connectivity index (χ0n) is 12.1. The molecule has 0 saturated carbocycles. The minimum Gasteiger partial charge on any atom is -0.395 e. The summed E-state index contributed by atoms with van der Waals surface area (Å²) < 4.78 is 0. The van der Waals surface area contributed by atoms with Crippen molar-refractivity contribution in [1.82, 2.24) is 30.7 Å². The number of fused-ring (bicyclic) bond motifs is 1. The summed E-state index contributed by atoms with van der Waals surface area (Å²) in [4.78, 5) is 29.5. The third-order valence-electron chi connectivity index (χ3n) is 4.42. The summed E-state index contributed by atoms with van der Waals surface area (Å²) in [5.74, 6) is -0.281. The van der Waals surface area contributed by atoms with Gasteiger partial charge >= 0.3 is 6.03 Å². The SMILES string of the molecule is CN1C(=O)NC(=O)C2NC(N3CCN(CCO)CC3)NC21. The molecule has 4 N–H and O–H groups in total. The minimum absolute atomic E-state index is 0.115. The molecule has 9 heteroatoms. The summed E-state index contributed by atoms with van der Waals surface area (Å²) in [5.41, 5.74) is 0. The van der Waals surface area contributed by atoms with Gasteiger partial charge in [0.25, 0.3) is 0 Å². The third-order valence-corrected chi connectivity index (χ3v) is 4.42. The van der Waals surface area contributed by atoms with Crippen molar-refractivity contribution in [3.63, 3.8) is 0 Å². The van der Waals surface area contributed by atoms with E-state index in [9.17, 15) is 9.59 Å². The fraction of sp³-hybridized carbons (Fsp3) is 0.833. The van der Waals surface area contributed by atoms with Gasteiger partial charge in [-0.25, -0.2) is 4.79 Å². The summed E-state index contributed by atoms with van der Waals surface area (Å²) in [6.07, 6.45) is -0.429. The van der Waals surface area contributed by atoms with E-state index in [0.29, 0.717) is 6.54 Å². The molecule has 9 nitrogen and oxygen atoms in total. The normalized spacial score (nSPS) is 35.0. The monoisotopic (exact) mass is 298 g/mol. The molecule has 3 aliphatic rings. The van der Waals surface area contributed by atoms with Crippen molar-refractivity contribution in [2.45, 2.75) is 18.5 Å². The number of aliphatic hydroxyl groups is 1. The Hall–Kier alpha value is -1.26. The smallest absolute Gasteiger partial charge is 0.325 e. The van der Waals surface area contributed by atoms with Crippen LogP contribution in [0.15, 0.2) is 0 Å². The molecule has 0 aromatic carbocycles. The topological polar surface area (TPSA) is 100 Å². The van der Waals surface area contributed by atoms with Crippen LogP contribution >= 0.6 is 0 Å². The van der Waals surface area contributed by atoms with Crippen LogP contribution in [0.5, 0.6) is 0 Å². The van der Waals surface area contributed by atoms with E-state index in [2.05, 4.69) is 25.8 Å². The van der Waals surface area contributed by atoms with Crippen LogP contribution in [0.2, 0.25) is 0 Å². The van der Waals surface area contributed by atoms with E-state index in [0.717, 1.165) is 26.2 Å². The lowest BCUT2D eigenvalue weighted by Crippen LogP contribution is -2.64. The maximum atomic E-state index is 11.9. The standard InChI is InChI=1S/C12H22N6O3/c1-16-9-8(10(20)15-12(16)21)13-11(14-9)18-4-2-17(3-5-18)6-7-19/h8-9,11,13-14,19H,2-7H2,1H3,(H,15,20,21). The number of nitrogens with one attached hydrogen (secondary N) is 3. The summed E-state index contributed by atoms with van der Waals surface area (Å²) in [7, 11) is 1.68. The van der Waals surface area contributed by atoms with E-state index >= 15 is 0 Å². The molecule has 3 heterocycles. The second-order valence-electron chi connectivity index (χ2n) is 5.66. The molecule has 3 fully saturated rings. The highest BCUT2D eigenvalue weighted by molar-refractivity contribution is 6.00. The molecule has 0 aromatic heterocycles. The number of hydrogen-bond acceptors (Lipinski definition) is 7.